The fourth-order valence-electron chi connectivity index (χ4n) is 5.56. The van der Waals surface area contributed by atoms with Crippen LogP contribution < -0.4 is 14.8 Å². The van der Waals surface area contributed by atoms with Crippen LogP contribution in [-0.4, -0.2) is 76.2 Å². The van der Waals surface area contributed by atoms with E-state index in [9.17, 15) is 24.3 Å². The fraction of sp³-hybridized carbons (Fsp3) is 0.310. The molecule has 1 saturated heterocycles. The molecule has 2 aromatic carbocycles. The number of carbonyl (C=O) groups is 4. The molecule has 0 bridgehead atoms. The van der Waals surface area contributed by atoms with Crippen LogP contribution in [0.2, 0.25) is 0 Å². The minimum Gasteiger partial charge on any atom is -0.497 e. The van der Waals surface area contributed by atoms with Gasteiger partial charge in [-0.15, -0.1) is 11.8 Å². The van der Waals surface area contributed by atoms with E-state index in [4.69, 9.17) is 14.2 Å². The lowest BCUT2D eigenvalue weighted by Gasteiger charge is -2.49. The Morgan fingerprint density at radius 3 is 2.71 bits per heavy atom. The molecule has 2 aliphatic heterocycles. The van der Waals surface area contributed by atoms with Gasteiger partial charge in [0.25, 0.3) is 11.8 Å². The third-order valence-electron chi connectivity index (χ3n) is 7.49. The molecule has 3 aliphatic rings. The lowest BCUT2D eigenvalue weighted by Crippen LogP contribution is -2.71. The van der Waals surface area contributed by atoms with Crippen LogP contribution in [-0.2, 0) is 36.8 Å². The van der Waals surface area contributed by atoms with Gasteiger partial charge in [0.1, 0.15) is 35.2 Å². The maximum absolute atomic E-state index is 12.8. The zero-order valence-electron chi connectivity index (χ0n) is 22.3. The highest BCUT2D eigenvalue weighted by Crippen LogP contribution is 2.41. The number of aromatic nitrogens is 1. The molecule has 2 amide bonds. The predicted molar refractivity (Wildman–Crippen MR) is 150 cm³/mol. The zero-order chi connectivity index (χ0) is 28.8. The van der Waals surface area contributed by atoms with Gasteiger partial charge in [-0.05, 0) is 60.4 Å². The summed E-state index contributed by atoms with van der Waals surface area (Å²) in [6.07, 6.45) is 1.67. The van der Waals surface area contributed by atoms with Crippen LogP contribution in [0.25, 0.3) is 22.2 Å². The van der Waals surface area contributed by atoms with Crippen molar-refractivity contribution in [3.63, 3.8) is 0 Å². The van der Waals surface area contributed by atoms with Gasteiger partial charge in [0.15, 0.2) is 6.61 Å². The number of ether oxygens (including phenoxy) is 3. The van der Waals surface area contributed by atoms with Gasteiger partial charge >= 0.3 is 11.9 Å². The van der Waals surface area contributed by atoms with Gasteiger partial charge in [0.05, 0.1) is 7.11 Å². The molecular weight excluding hydrogens is 550 g/mol. The molecule has 0 unspecified atom stereocenters. The Morgan fingerprint density at radius 1 is 1.15 bits per heavy atom. The monoisotopic (exact) mass is 577 g/mol. The molecule has 1 aromatic heterocycles. The van der Waals surface area contributed by atoms with E-state index in [1.165, 1.54) is 24.2 Å². The van der Waals surface area contributed by atoms with Gasteiger partial charge in [-0.3, -0.25) is 19.3 Å². The van der Waals surface area contributed by atoms with Gasteiger partial charge in [0.2, 0.25) is 0 Å². The number of thioether (sulfide) groups is 1. The third kappa shape index (κ3) is 4.77. The van der Waals surface area contributed by atoms with E-state index in [0.29, 0.717) is 11.3 Å². The second-order valence-corrected chi connectivity index (χ2v) is 11.1. The van der Waals surface area contributed by atoms with Crippen molar-refractivity contribution in [2.75, 3.05) is 26.1 Å². The minimum atomic E-state index is -1.29. The quantitative estimate of drug-likeness (QED) is 0.272. The van der Waals surface area contributed by atoms with Gasteiger partial charge in [-0.2, -0.15) is 0 Å². The molecule has 0 radical (unpaired) electrons. The highest BCUT2D eigenvalue weighted by atomic mass is 32.2. The molecule has 212 valence electrons. The number of fused-ring (bicyclic) bond motifs is 6. The van der Waals surface area contributed by atoms with E-state index >= 15 is 0 Å². The van der Waals surface area contributed by atoms with Crippen LogP contribution in [0.1, 0.15) is 18.1 Å². The lowest BCUT2D eigenvalue weighted by atomic mass is 9.89. The Labute approximate surface area is 238 Å². The Bertz CT molecular complexity index is 1640. The number of hydrogen-bond donors (Lipinski definition) is 3. The van der Waals surface area contributed by atoms with Gasteiger partial charge in [-0.1, -0.05) is 0 Å². The largest absolute Gasteiger partial charge is 0.497 e. The maximum atomic E-state index is 12.8. The molecule has 6 rings (SSSR count). The zero-order valence-corrected chi connectivity index (χ0v) is 23.1. The molecule has 11 nitrogen and oxygen atoms in total. The van der Waals surface area contributed by atoms with Crippen molar-refractivity contribution >= 4 is 46.4 Å². The number of carbonyl (C=O) groups excluding carboxylic acids is 3. The Hall–Kier alpha value is -4.45. The van der Waals surface area contributed by atoms with E-state index in [1.807, 2.05) is 36.4 Å². The first-order chi connectivity index (χ1) is 19.7. The number of aryl methyl sites for hydroxylation is 2. The number of aromatic amines is 1. The van der Waals surface area contributed by atoms with Crippen LogP contribution in [0, 0.1) is 0 Å². The van der Waals surface area contributed by atoms with Crippen molar-refractivity contribution < 1.29 is 38.5 Å². The van der Waals surface area contributed by atoms with Gasteiger partial charge < -0.3 is 29.6 Å². The van der Waals surface area contributed by atoms with E-state index in [0.717, 1.165) is 51.2 Å². The normalized spacial score (nSPS) is 19.1. The number of amides is 2. The van der Waals surface area contributed by atoms with Crippen LogP contribution in [0.3, 0.4) is 0 Å². The van der Waals surface area contributed by atoms with E-state index < -0.39 is 35.2 Å². The first-order valence-electron chi connectivity index (χ1n) is 13.0. The number of H-pyrrole nitrogens is 1. The highest BCUT2D eigenvalue weighted by Gasteiger charge is 2.54. The molecule has 0 saturated carbocycles. The van der Waals surface area contributed by atoms with Crippen molar-refractivity contribution in [1.29, 1.82) is 0 Å². The molecule has 2 atom stereocenters. The number of benzene rings is 2. The average molecular weight is 578 g/mol. The molecular formula is C29H27N3O8S. The summed E-state index contributed by atoms with van der Waals surface area (Å²) in [5.74, 6) is -1.24. The Kier molecular flexibility index (Phi) is 6.86. The molecule has 1 fully saturated rings. The number of rotatable bonds is 8. The van der Waals surface area contributed by atoms with Crippen LogP contribution >= 0.6 is 11.8 Å². The smallest absolute Gasteiger partial charge is 0.352 e. The van der Waals surface area contributed by atoms with Crippen molar-refractivity contribution in [2.45, 2.75) is 31.2 Å². The lowest BCUT2D eigenvalue weighted by molar-refractivity contribution is -0.151. The van der Waals surface area contributed by atoms with Crippen molar-refractivity contribution in [1.82, 2.24) is 15.2 Å². The van der Waals surface area contributed by atoms with Crippen molar-refractivity contribution in [2.24, 2.45) is 0 Å². The molecule has 41 heavy (non-hydrogen) atoms. The summed E-state index contributed by atoms with van der Waals surface area (Å²) in [4.78, 5) is 53.2. The first-order valence-corrected chi connectivity index (χ1v) is 14.1. The number of methoxy groups -OCH3 is 1. The average Bonchev–Trinajstić information content (AvgIpc) is 3.35. The van der Waals surface area contributed by atoms with E-state index in [2.05, 4.69) is 10.3 Å². The van der Waals surface area contributed by atoms with E-state index in [-0.39, 0.29) is 24.7 Å². The van der Waals surface area contributed by atoms with Crippen LogP contribution in [0.15, 0.2) is 47.7 Å². The number of aliphatic carboxylic acids is 1. The van der Waals surface area contributed by atoms with Crippen molar-refractivity contribution in [3.05, 3.63) is 58.8 Å². The first kappa shape index (κ1) is 26.8. The third-order valence-corrected chi connectivity index (χ3v) is 8.83. The topological polar surface area (TPSA) is 147 Å². The summed E-state index contributed by atoms with van der Waals surface area (Å²) in [6, 6.07) is 10.8. The maximum Gasteiger partial charge on any atom is 0.352 e. The summed E-state index contributed by atoms with van der Waals surface area (Å²) in [6.45, 7) is 0.725. The number of esters is 1. The van der Waals surface area contributed by atoms with Gasteiger partial charge in [0, 0.05) is 40.4 Å². The number of β-lactam (4-membered cyclic amide) rings is 1. The second kappa shape index (κ2) is 10.5. The van der Waals surface area contributed by atoms with E-state index in [1.54, 1.807) is 7.11 Å². The molecule has 12 heteroatoms. The number of nitrogens with zero attached hydrogens (tertiary/aromatic N) is 1. The minimum absolute atomic E-state index is 0.201. The number of carboxylic acids is 1. The molecule has 3 aromatic rings. The highest BCUT2D eigenvalue weighted by molar-refractivity contribution is 8.00. The summed E-state index contributed by atoms with van der Waals surface area (Å²) in [7, 11) is 1.66. The SMILES string of the molecule is COc1ccc2[nH]c3c(c2c1)CCc1cc(OCC(=O)N[C@@H]2C(=O)N4C(C(=O)O)=C(COC(C)=O)CS[C@H]24)ccc1-3. The Morgan fingerprint density at radius 2 is 1.95 bits per heavy atom. The second-order valence-electron chi connectivity index (χ2n) is 9.99. The molecule has 0 spiro atoms. The van der Waals surface area contributed by atoms with Crippen LogP contribution in [0.4, 0.5) is 0 Å². The summed E-state index contributed by atoms with van der Waals surface area (Å²) < 4.78 is 16.1. The van der Waals surface area contributed by atoms with Gasteiger partial charge in [-0.25, -0.2) is 4.79 Å². The number of hydrogen-bond acceptors (Lipinski definition) is 8. The predicted octanol–water partition coefficient (Wildman–Crippen LogP) is 2.62. The molecule has 3 heterocycles. The molecule has 1 aliphatic carbocycles. The van der Waals surface area contributed by atoms with Crippen LogP contribution in [0.5, 0.6) is 11.5 Å². The summed E-state index contributed by atoms with van der Waals surface area (Å²) in [5, 5.41) is 12.9. The summed E-state index contributed by atoms with van der Waals surface area (Å²) in [5.41, 5.74) is 5.70. The molecule has 3 N–H and O–H groups in total. The standard InChI is InChI=1S/C29H27N3O8S/c1-14(33)39-11-16-13-41-28-25(27(35)32(28)26(16)29(36)37)31-23(34)12-40-18-4-7-19-15(9-18)3-6-20-21-10-17(38-2)5-8-22(21)30-24(19)20/h4-5,7-10,25,28,30H,3,6,11-13H2,1-2H3,(H,31,34)(H,36,37)/t25-,28-/m1/s1. The van der Waals surface area contributed by atoms with Crippen molar-refractivity contribution in [3.8, 4) is 22.8 Å². The number of nitrogens with one attached hydrogen (secondary N) is 2. The Balaban J connectivity index is 1.09. The summed E-state index contributed by atoms with van der Waals surface area (Å²) >= 11 is 1.30. The fourth-order valence-corrected chi connectivity index (χ4v) is 6.89. The number of carboxylic acid groups (broad SMARTS) is 1.